The maximum atomic E-state index is 11.1. The molecule has 0 aromatic carbocycles. The van der Waals surface area contributed by atoms with Crippen molar-refractivity contribution in [1.29, 1.82) is 0 Å². The van der Waals surface area contributed by atoms with Crippen LogP contribution in [0.3, 0.4) is 0 Å². The average Bonchev–Trinajstić information content (AvgIpc) is 1.88. The van der Waals surface area contributed by atoms with Gasteiger partial charge in [0.2, 0.25) is 5.91 Å². The van der Waals surface area contributed by atoms with Crippen molar-refractivity contribution in [3.63, 3.8) is 0 Å². The Morgan fingerprint density at radius 1 is 1.80 bits per heavy atom. The molecule has 1 amide bonds. The van der Waals surface area contributed by atoms with Crippen molar-refractivity contribution in [2.24, 2.45) is 0 Å². The minimum absolute atomic E-state index is 0.00586. The number of hydrogen-bond donors (Lipinski definition) is 1. The first-order chi connectivity index (χ1) is 4.72. The van der Waals surface area contributed by atoms with Crippen LogP contribution in [0.1, 0.15) is 12.8 Å². The molecule has 1 fully saturated rings. The van der Waals surface area contributed by atoms with E-state index in [9.17, 15) is 4.79 Å². The van der Waals surface area contributed by atoms with Gasteiger partial charge in [-0.15, -0.1) is 0 Å². The standard InChI is InChI=1S/C7H13NOS/c1-10(2)6-4-3-5-8-7(6)9/h6H,1,3-5H2,2H3,(H,8,9). The molecule has 0 aliphatic carbocycles. The van der Waals surface area contributed by atoms with Crippen LogP contribution >= 0.6 is 10.5 Å². The molecule has 0 saturated carbocycles. The lowest BCUT2D eigenvalue weighted by molar-refractivity contribution is -0.121. The number of amides is 1. The Kier molecular flexibility index (Phi) is 2.49. The van der Waals surface area contributed by atoms with Gasteiger partial charge in [-0.1, -0.05) is 5.87 Å². The molecule has 1 saturated heterocycles. The maximum Gasteiger partial charge on any atom is 0.232 e. The van der Waals surface area contributed by atoms with Gasteiger partial charge in [0, 0.05) is 6.54 Å². The molecule has 2 atom stereocenters. The van der Waals surface area contributed by atoms with Gasteiger partial charge in [-0.3, -0.25) is 4.79 Å². The zero-order chi connectivity index (χ0) is 7.56. The fourth-order valence-corrected chi connectivity index (χ4v) is 2.15. The summed E-state index contributed by atoms with van der Waals surface area (Å²) < 4.78 is 0. The monoisotopic (exact) mass is 159 g/mol. The molecular weight excluding hydrogens is 146 g/mol. The summed E-state index contributed by atoms with van der Waals surface area (Å²) in [6.45, 7) is 0.854. The summed E-state index contributed by atoms with van der Waals surface area (Å²) in [5.74, 6) is 4.08. The molecule has 0 aromatic rings. The second-order valence-electron chi connectivity index (χ2n) is 2.61. The van der Waals surface area contributed by atoms with E-state index >= 15 is 0 Å². The third kappa shape index (κ3) is 1.59. The fraction of sp³-hybridized carbons (Fsp3) is 0.714. The lowest BCUT2D eigenvalue weighted by atomic mass is 10.1. The normalized spacial score (nSPS) is 29.3. The van der Waals surface area contributed by atoms with E-state index in [4.69, 9.17) is 0 Å². The van der Waals surface area contributed by atoms with Crippen LogP contribution in [-0.4, -0.2) is 29.8 Å². The molecule has 0 aromatic heterocycles. The van der Waals surface area contributed by atoms with E-state index in [1.165, 1.54) is 0 Å². The molecule has 1 heterocycles. The topological polar surface area (TPSA) is 29.1 Å². The van der Waals surface area contributed by atoms with Crippen LogP contribution in [-0.2, 0) is 4.79 Å². The molecule has 3 heteroatoms. The molecule has 0 spiro atoms. The zero-order valence-corrected chi connectivity index (χ0v) is 7.04. The van der Waals surface area contributed by atoms with Crippen molar-refractivity contribution >= 4 is 22.3 Å². The van der Waals surface area contributed by atoms with Gasteiger partial charge in [0.25, 0.3) is 0 Å². The van der Waals surface area contributed by atoms with Gasteiger partial charge in [-0.25, -0.2) is 0 Å². The largest absolute Gasteiger partial charge is 0.355 e. The van der Waals surface area contributed by atoms with Crippen LogP contribution in [0, 0.1) is 0 Å². The summed E-state index contributed by atoms with van der Waals surface area (Å²) >= 11 is 0. The van der Waals surface area contributed by atoms with Crippen molar-refractivity contribution in [2.45, 2.75) is 18.1 Å². The Bertz CT molecular complexity index is 167. The first-order valence-corrected chi connectivity index (χ1v) is 5.30. The van der Waals surface area contributed by atoms with Crippen molar-refractivity contribution in [1.82, 2.24) is 5.32 Å². The second-order valence-corrected chi connectivity index (χ2v) is 4.56. The van der Waals surface area contributed by atoms with Crippen LogP contribution in [0.2, 0.25) is 0 Å². The Balaban J connectivity index is 2.56. The van der Waals surface area contributed by atoms with E-state index in [0.29, 0.717) is 0 Å². The lowest BCUT2D eigenvalue weighted by Crippen LogP contribution is -2.38. The number of carbonyl (C=O) groups is 1. The summed E-state index contributed by atoms with van der Waals surface area (Å²) in [7, 11) is 0.00586. The Hall–Kier alpha value is -0.310. The van der Waals surface area contributed by atoms with Crippen LogP contribution in [0.25, 0.3) is 0 Å². The summed E-state index contributed by atoms with van der Waals surface area (Å²) in [4.78, 5) is 11.1. The zero-order valence-electron chi connectivity index (χ0n) is 6.22. The maximum absolute atomic E-state index is 11.1. The van der Waals surface area contributed by atoms with Gasteiger partial charge in [-0.2, -0.15) is 10.5 Å². The molecule has 1 aliphatic heterocycles. The van der Waals surface area contributed by atoms with Crippen LogP contribution in [0.4, 0.5) is 0 Å². The van der Waals surface area contributed by atoms with Gasteiger partial charge in [0.1, 0.15) is 0 Å². The molecule has 0 bridgehead atoms. The van der Waals surface area contributed by atoms with E-state index in [-0.39, 0.29) is 21.6 Å². The van der Waals surface area contributed by atoms with Crippen molar-refractivity contribution < 1.29 is 4.79 Å². The van der Waals surface area contributed by atoms with Crippen molar-refractivity contribution in [3.8, 4) is 0 Å². The second kappa shape index (κ2) is 3.19. The molecule has 10 heavy (non-hydrogen) atoms. The predicted molar refractivity (Wildman–Crippen MR) is 46.7 cm³/mol. The molecule has 58 valence electrons. The average molecular weight is 159 g/mol. The molecule has 1 rings (SSSR count). The van der Waals surface area contributed by atoms with E-state index in [1.54, 1.807) is 0 Å². The highest BCUT2D eigenvalue weighted by Crippen LogP contribution is 2.20. The summed E-state index contributed by atoms with van der Waals surface area (Å²) in [5.41, 5.74) is 0. The quantitative estimate of drug-likeness (QED) is 0.558. The highest BCUT2D eigenvalue weighted by molar-refractivity contribution is 8.14. The summed E-state index contributed by atoms with van der Waals surface area (Å²) in [5, 5.41) is 3.03. The van der Waals surface area contributed by atoms with E-state index in [0.717, 1.165) is 19.4 Å². The number of nitrogens with one attached hydrogen (secondary N) is 1. The fourth-order valence-electron chi connectivity index (χ4n) is 1.13. The predicted octanol–water partition coefficient (Wildman–Crippen LogP) is 0.596. The van der Waals surface area contributed by atoms with Gasteiger partial charge in [0.15, 0.2) is 0 Å². The Morgan fingerprint density at radius 2 is 2.50 bits per heavy atom. The van der Waals surface area contributed by atoms with E-state index in [1.807, 2.05) is 6.26 Å². The first kappa shape index (κ1) is 7.79. The van der Waals surface area contributed by atoms with E-state index < -0.39 is 0 Å². The van der Waals surface area contributed by atoms with Crippen molar-refractivity contribution in [3.05, 3.63) is 0 Å². The van der Waals surface area contributed by atoms with Gasteiger partial charge >= 0.3 is 0 Å². The minimum Gasteiger partial charge on any atom is -0.355 e. The molecule has 1 aliphatic rings. The smallest absolute Gasteiger partial charge is 0.232 e. The lowest BCUT2D eigenvalue weighted by Gasteiger charge is -2.22. The van der Waals surface area contributed by atoms with Crippen LogP contribution in [0.5, 0.6) is 0 Å². The first-order valence-electron chi connectivity index (χ1n) is 3.44. The number of rotatable bonds is 1. The number of hydrogen-bond acceptors (Lipinski definition) is 1. The molecule has 1 N–H and O–H groups in total. The third-order valence-electron chi connectivity index (χ3n) is 1.72. The SMILES string of the molecule is C=S(C)C1CCCNC1=O. The Labute approximate surface area is 63.9 Å². The van der Waals surface area contributed by atoms with Crippen molar-refractivity contribution in [2.75, 3.05) is 12.8 Å². The van der Waals surface area contributed by atoms with E-state index in [2.05, 4.69) is 11.2 Å². The Morgan fingerprint density at radius 3 is 2.90 bits per heavy atom. The highest BCUT2D eigenvalue weighted by Gasteiger charge is 2.21. The van der Waals surface area contributed by atoms with Gasteiger partial charge < -0.3 is 5.32 Å². The van der Waals surface area contributed by atoms with Gasteiger partial charge in [0.05, 0.1) is 5.25 Å². The van der Waals surface area contributed by atoms with Crippen LogP contribution in [0.15, 0.2) is 0 Å². The molecule has 2 unspecified atom stereocenters. The summed E-state index contributed by atoms with van der Waals surface area (Å²) in [6, 6.07) is 0. The third-order valence-corrected chi connectivity index (χ3v) is 3.14. The molecule has 0 radical (unpaired) electrons. The number of piperidine rings is 1. The van der Waals surface area contributed by atoms with Crippen LogP contribution < -0.4 is 5.32 Å². The molecular formula is C7H13NOS. The molecule has 2 nitrogen and oxygen atoms in total. The van der Waals surface area contributed by atoms with Gasteiger partial charge in [-0.05, 0) is 19.1 Å². The number of carbonyl (C=O) groups excluding carboxylic acids is 1. The minimum atomic E-state index is 0.00586. The summed E-state index contributed by atoms with van der Waals surface area (Å²) in [6.07, 6.45) is 4.16. The highest BCUT2D eigenvalue weighted by atomic mass is 32.2.